The molecule has 138 valence electrons. The number of nitrogens with zero attached hydrogens (tertiary/aromatic N) is 3. The van der Waals surface area contributed by atoms with Gasteiger partial charge < -0.3 is 5.32 Å². The van der Waals surface area contributed by atoms with E-state index in [0.717, 1.165) is 35.9 Å². The number of aryl methyl sites for hydroxylation is 1. The van der Waals surface area contributed by atoms with Gasteiger partial charge in [0.15, 0.2) is 0 Å². The van der Waals surface area contributed by atoms with Gasteiger partial charge in [-0.1, -0.05) is 29.8 Å². The van der Waals surface area contributed by atoms with E-state index in [1.54, 1.807) is 0 Å². The van der Waals surface area contributed by atoms with Crippen LogP contribution in [-0.4, -0.2) is 40.9 Å². The summed E-state index contributed by atoms with van der Waals surface area (Å²) in [6, 6.07) is 8.61. The Labute approximate surface area is 162 Å². The maximum absolute atomic E-state index is 6.30. The molecule has 1 aromatic heterocycles. The molecule has 0 spiro atoms. The summed E-state index contributed by atoms with van der Waals surface area (Å²) in [6.45, 7) is 8.29. The van der Waals surface area contributed by atoms with Crippen molar-refractivity contribution in [3.05, 3.63) is 51.8 Å². The molecule has 1 fully saturated rings. The molecule has 2 heterocycles. The number of likely N-dealkylation sites (N-methyl/N-ethyl adjacent to an activating group) is 1. The number of halogens is 2. The normalized spacial score (nSPS) is 18.2. The molecule has 4 nitrogen and oxygen atoms in total. The van der Waals surface area contributed by atoms with Crippen LogP contribution in [0.4, 0.5) is 0 Å². The van der Waals surface area contributed by atoms with Crippen molar-refractivity contribution in [3.63, 3.8) is 0 Å². The summed E-state index contributed by atoms with van der Waals surface area (Å²) in [4.78, 5) is 2.54. The van der Waals surface area contributed by atoms with Crippen LogP contribution in [0.3, 0.4) is 0 Å². The van der Waals surface area contributed by atoms with Crippen molar-refractivity contribution < 1.29 is 0 Å². The zero-order valence-corrected chi connectivity index (χ0v) is 16.8. The number of hydrogen-bond acceptors (Lipinski definition) is 3. The topological polar surface area (TPSA) is 33.1 Å². The fraction of sp³-hybridized carbons (Fsp3) is 0.526. The first-order chi connectivity index (χ1) is 11.6. The van der Waals surface area contributed by atoms with Crippen molar-refractivity contribution in [2.45, 2.75) is 45.8 Å². The van der Waals surface area contributed by atoms with Gasteiger partial charge in [-0.3, -0.25) is 9.58 Å². The van der Waals surface area contributed by atoms with Crippen LogP contribution in [0, 0.1) is 13.8 Å². The summed E-state index contributed by atoms with van der Waals surface area (Å²) in [5.74, 6) is 0. The predicted octanol–water partition coefficient (Wildman–Crippen LogP) is 3.81. The standard InChI is InChI=1S/C19H27ClN4.ClH/c1-14-18(13-23-10-6-8-17(12-23)21-3)15(2)24(22-14)11-16-7-4-5-9-19(16)20;/h4-5,7,9,17,21H,6,8,10-13H2,1-3H3;1H. The number of likely N-dealkylation sites (tertiary alicyclic amines) is 1. The first-order valence-corrected chi connectivity index (χ1v) is 9.12. The van der Waals surface area contributed by atoms with Crippen molar-refractivity contribution in [3.8, 4) is 0 Å². The molecule has 1 atom stereocenters. The molecule has 0 saturated carbocycles. The average molecular weight is 383 g/mol. The van der Waals surface area contributed by atoms with E-state index in [-0.39, 0.29) is 12.4 Å². The van der Waals surface area contributed by atoms with Crippen LogP contribution in [0.1, 0.15) is 35.4 Å². The van der Waals surface area contributed by atoms with E-state index in [0.29, 0.717) is 6.04 Å². The highest BCUT2D eigenvalue weighted by molar-refractivity contribution is 6.31. The van der Waals surface area contributed by atoms with E-state index in [1.165, 1.54) is 30.6 Å². The zero-order valence-electron chi connectivity index (χ0n) is 15.3. The molecule has 1 N–H and O–H groups in total. The fourth-order valence-corrected chi connectivity index (χ4v) is 3.76. The molecule has 0 radical (unpaired) electrons. The van der Waals surface area contributed by atoms with Crippen LogP contribution in [-0.2, 0) is 13.1 Å². The summed E-state index contributed by atoms with van der Waals surface area (Å²) >= 11 is 6.30. The lowest BCUT2D eigenvalue weighted by molar-refractivity contribution is 0.187. The third kappa shape index (κ3) is 4.76. The summed E-state index contributed by atoms with van der Waals surface area (Å²) < 4.78 is 2.09. The summed E-state index contributed by atoms with van der Waals surface area (Å²) in [5, 5.41) is 8.99. The van der Waals surface area contributed by atoms with E-state index in [1.807, 2.05) is 18.2 Å². The van der Waals surface area contributed by atoms with Gasteiger partial charge in [0, 0.05) is 35.4 Å². The Hall–Kier alpha value is -1.07. The molecule has 25 heavy (non-hydrogen) atoms. The fourth-order valence-electron chi connectivity index (χ4n) is 3.56. The van der Waals surface area contributed by atoms with Crippen molar-refractivity contribution in [1.29, 1.82) is 0 Å². The molecule has 0 bridgehead atoms. The monoisotopic (exact) mass is 382 g/mol. The lowest BCUT2D eigenvalue weighted by atomic mass is 10.0. The third-order valence-electron chi connectivity index (χ3n) is 5.10. The van der Waals surface area contributed by atoms with Crippen molar-refractivity contribution in [2.24, 2.45) is 0 Å². The molecule has 1 unspecified atom stereocenters. The molecule has 6 heteroatoms. The average Bonchev–Trinajstić information content (AvgIpc) is 2.85. The minimum atomic E-state index is 0. The molecular weight excluding hydrogens is 355 g/mol. The summed E-state index contributed by atoms with van der Waals surface area (Å²) in [6.07, 6.45) is 2.54. The highest BCUT2D eigenvalue weighted by Crippen LogP contribution is 2.22. The van der Waals surface area contributed by atoms with Gasteiger partial charge in [0.05, 0.1) is 12.2 Å². The van der Waals surface area contributed by atoms with Crippen molar-refractivity contribution >= 4 is 24.0 Å². The van der Waals surface area contributed by atoms with Crippen LogP contribution in [0.25, 0.3) is 0 Å². The smallest absolute Gasteiger partial charge is 0.0677 e. The predicted molar refractivity (Wildman–Crippen MR) is 107 cm³/mol. The van der Waals surface area contributed by atoms with Crippen LogP contribution >= 0.6 is 24.0 Å². The lowest BCUT2D eigenvalue weighted by Crippen LogP contribution is -2.44. The molecule has 2 aromatic rings. The van der Waals surface area contributed by atoms with E-state index < -0.39 is 0 Å². The Morgan fingerprint density at radius 1 is 1.24 bits per heavy atom. The molecule has 1 aromatic carbocycles. The van der Waals surface area contributed by atoms with Gasteiger partial charge in [0.25, 0.3) is 0 Å². The van der Waals surface area contributed by atoms with Gasteiger partial charge in [-0.05, 0) is 51.9 Å². The number of benzene rings is 1. The van der Waals surface area contributed by atoms with Gasteiger partial charge in [-0.25, -0.2) is 0 Å². The van der Waals surface area contributed by atoms with Gasteiger partial charge in [-0.15, -0.1) is 12.4 Å². The maximum atomic E-state index is 6.30. The lowest BCUT2D eigenvalue weighted by Gasteiger charge is -2.32. The maximum Gasteiger partial charge on any atom is 0.0677 e. The van der Waals surface area contributed by atoms with Crippen LogP contribution in [0.2, 0.25) is 5.02 Å². The second-order valence-electron chi connectivity index (χ2n) is 6.76. The van der Waals surface area contributed by atoms with Crippen molar-refractivity contribution in [1.82, 2.24) is 20.0 Å². The molecule has 1 saturated heterocycles. The summed E-state index contributed by atoms with van der Waals surface area (Å²) in [5.41, 5.74) is 4.86. The highest BCUT2D eigenvalue weighted by Gasteiger charge is 2.21. The number of nitrogens with one attached hydrogen (secondary N) is 1. The Balaban J connectivity index is 0.00000225. The minimum Gasteiger partial charge on any atom is -0.316 e. The van der Waals surface area contributed by atoms with E-state index >= 15 is 0 Å². The van der Waals surface area contributed by atoms with Crippen molar-refractivity contribution in [2.75, 3.05) is 20.1 Å². The molecule has 0 aliphatic carbocycles. The highest BCUT2D eigenvalue weighted by atomic mass is 35.5. The molecule has 0 amide bonds. The zero-order chi connectivity index (χ0) is 17.1. The SMILES string of the molecule is CNC1CCCN(Cc2c(C)nn(Cc3ccccc3Cl)c2C)C1.Cl. The van der Waals surface area contributed by atoms with Crippen LogP contribution < -0.4 is 5.32 Å². The van der Waals surface area contributed by atoms with Crippen LogP contribution in [0.5, 0.6) is 0 Å². The number of piperidine rings is 1. The molecule has 3 rings (SSSR count). The van der Waals surface area contributed by atoms with Gasteiger partial charge in [0.2, 0.25) is 0 Å². The molecular formula is C19H28Cl2N4. The van der Waals surface area contributed by atoms with E-state index in [2.05, 4.69) is 41.9 Å². The minimum absolute atomic E-state index is 0. The van der Waals surface area contributed by atoms with E-state index in [4.69, 9.17) is 16.7 Å². The molecule has 1 aliphatic rings. The number of aromatic nitrogens is 2. The second-order valence-corrected chi connectivity index (χ2v) is 7.17. The molecule has 1 aliphatic heterocycles. The van der Waals surface area contributed by atoms with Crippen LogP contribution in [0.15, 0.2) is 24.3 Å². The van der Waals surface area contributed by atoms with Gasteiger partial charge in [-0.2, -0.15) is 5.10 Å². The Morgan fingerprint density at radius 3 is 2.72 bits per heavy atom. The quantitative estimate of drug-likeness (QED) is 0.853. The first kappa shape index (κ1) is 20.2. The van der Waals surface area contributed by atoms with Gasteiger partial charge in [0.1, 0.15) is 0 Å². The Morgan fingerprint density at radius 2 is 2.00 bits per heavy atom. The Bertz CT molecular complexity index is 699. The van der Waals surface area contributed by atoms with Gasteiger partial charge >= 0.3 is 0 Å². The second kappa shape index (κ2) is 9.04. The van der Waals surface area contributed by atoms with E-state index in [9.17, 15) is 0 Å². The third-order valence-corrected chi connectivity index (χ3v) is 5.47. The summed E-state index contributed by atoms with van der Waals surface area (Å²) in [7, 11) is 2.06. The Kier molecular flexibility index (Phi) is 7.32. The number of rotatable bonds is 5. The first-order valence-electron chi connectivity index (χ1n) is 8.74. The number of hydrogen-bond donors (Lipinski definition) is 1. The largest absolute Gasteiger partial charge is 0.316 e.